The van der Waals surface area contributed by atoms with Crippen LogP contribution in [0.2, 0.25) is 0 Å². The molecule has 0 saturated heterocycles. The average Bonchev–Trinajstić information content (AvgIpc) is 2.91. The summed E-state index contributed by atoms with van der Waals surface area (Å²) in [5.74, 6) is 0.862. The minimum atomic E-state index is -0.382. The van der Waals surface area contributed by atoms with Gasteiger partial charge in [0.2, 0.25) is 0 Å². The Labute approximate surface area is 126 Å². The van der Waals surface area contributed by atoms with Crippen molar-refractivity contribution in [1.29, 1.82) is 5.26 Å². The van der Waals surface area contributed by atoms with Crippen LogP contribution in [0.15, 0.2) is 36.4 Å². The lowest BCUT2D eigenvalue weighted by Gasteiger charge is -2.09. The van der Waals surface area contributed by atoms with Gasteiger partial charge in [0.1, 0.15) is 23.4 Å². The lowest BCUT2D eigenvalue weighted by molar-refractivity contribution is 0.404. The van der Waals surface area contributed by atoms with Crippen molar-refractivity contribution in [3.05, 3.63) is 47.8 Å². The van der Waals surface area contributed by atoms with Gasteiger partial charge in [-0.2, -0.15) is 5.26 Å². The molecular weight excluding hydrogens is 283 g/mol. The number of aromatic nitrogens is 1. The van der Waals surface area contributed by atoms with Gasteiger partial charge in [-0.05, 0) is 36.4 Å². The van der Waals surface area contributed by atoms with Crippen molar-refractivity contribution < 1.29 is 13.9 Å². The third-order valence-corrected chi connectivity index (χ3v) is 3.55. The van der Waals surface area contributed by atoms with Gasteiger partial charge >= 0.3 is 0 Å². The highest BCUT2D eigenvalue weighted by atomic mass is 19.1. The van der Waals surface area contributed by atoms with Crippen LogP contribution in [0.5, 0.6) is 11.5 Å². The van der Waals surface area contributed by atoms with E-state index in [1.165, 1.54) is 12.1 Å². The van der Waals surface area contributed by atoms with Gasteiger partial charge in [-0.15, -0.1) is 0 Å². The lowest BCUT2D eigenvalue weighted by atomic mass is 10.0. The quantitative estimate of drug-likeness (QED) is 0.798. The Balaban J connectivity index is 2.33. The number of ether oxygens (including phenoxy) is 2. The number of fused-ring (bicyclic) bond motifs is 1. The van der Waals surface area contributed by atoms with Crippen molar-refractivity contribution in [1.82, 2.24) is 4.98 Å². The highest BCUT2D eigenvalue weighted by molar-refractivity contribution is 5.94. The molecule has 110 valence electrons. The normalized spacial score (nSPS) is 10.5. The summed E-state index contributed by atoms with van der Waals surface area (Å²) in [4.78, 5) is 3.16. The summed E-state index contributed by atoms with van der Waals surface area (Å²) in [6, 6.07) is 11.8. The van der Waals surface area contributed by atoms with Gasteiger partial charge in [-0.3, -0.25) is 0 Å². The number of H-pyrrole nitrogens is 1. The van der Waals surface area contributed by atoms with Gasteiger partial charge in [0, 0.05) is 16.5 Å². The van der Waals surface area contributed by atoms with Crippen LogP contribution in [0.25, 0.3) is 22.2 Å². The smallest absolute Gasteiger partial charge is 0.128 e. The van der Waals surface area contributed by atoms with E-state index < -0.39 is 0 Å². The maximum Gasteiger partial charge on any atom is 0.128 e. The molecule has 1 aromatic heterocycles. The Hall–Kier alpha value is -3.00. The third-order valence-electron chi connectivity index (χ3n) is 3.55. The molecule has 0 atom stereocenters. The Morgan fingerprint density at radius 1 is 1.09 bits per heavy atom. The van der Waals surface area contributed by atoms with Crippen LogP contribution < -0.4 is 9.47 Å². The molecular formula is C17H13FN2O2. The van der Waals surface area contributed by atoms with Crippen LogP contribution in [-0.4, -0.2) is 19.2 Å². The van der Waals surface area contributed by atoms with E-state index in [0.717, 1.165) is 0 Å². The second-order valence-corrected chi connectivity index (χ2v) is 4.74. The fourth-order valence-corrected chi connectivity index (χ4v) is 2.49. The molecule has 3 aromatic rings. The van der Waals surface area contributed by atoms with Crippen LogP contribution in [-0.2, 0) is 0 Å². The zero-order chi connectivity index (χ0) is 15.7. The lowest BCUT2D eigenvalue weighted by Crippen LogP contribution is -1.91. The summed E-state index contributed by atoms with van der Waals surface area (Å²) in [6.07, 6.45) is 0. The summed E-state index contributed by atoms with van der Waals surface area (Å²) in [5.41, 5.74) is 2.34. The Morgan fingerprint density at radius 3 is 2.59 bits per heavy atom. The minimum Gasteiger partial charge on any atom is -0.497 e. The van der Waals surface area contributed by atoms with Gasteiger partial charge in [-0.1, -0.05) is 0 Å². The van der Waals surface area contributed by atoms with E-state index in [-0.39, 0.29) is 5.82 Å². The third kappa shape index (κ3) is 2.15. The highest BCUT2D eigenvalue weighted by Gasteiger charge is 2.17. The standard InChI is InChI=1S/C17H13FN2O2/c1-21-11-4-6-16(22-2)13(8-11)17-14(9-19)12-7-10(18)3-5-15(12)20-17/h3-8,20H,1-2H3. The summed E-state index contributed by atoms with van der Waals surface area (Å²) >= 11 is 0. The molecule has 1 N–H and O–H groups in total. The predicted molar refractivity (Wildman–Crippen MR) is 81.5 cm³/mol. The first-order valence-corrected chi connectivity index (χ1v) is 6.61. The van der Waals surface area contributed by atoms with Crippen LogP contribution >= 0.6 is 0 Å². The van der Waals surface area contributed by atoms with Crippen molar-refractivity contribution in [2.75, 3.05) is 14.2 Å². The molecule has 0 unspecified atom stereocenters. The monoisotopic (exact) mass is 296 g/mol. The fraction of sp³-hybridized carbons (Fsp3) is 0.118. The molecule has 22 heavy (non-hydrogen) atoms. The minimum absolute atomic E-state index is 0.376. The molecule has 2 aromatic carbocycles. The SMILES string of the molecule is COc1ccc(OC)c(-c2[nH]c3ccc(F)cc3c2C#N)c1. The van der Waals surface area contributed by atoms with E-state index >= 15 is 0 Å². The van der Waals surface area contributed by atoms with Gasteiger partial charge < -0.3 is 14.5 Å². The van der Waals surface area contributed by atoms with Crippen LogP contribution in [0.1, 0.15) is 5.56 Å². The molecule has 0 amide bonds. The number of nitrogens with zero attached hydrogens (tertiary/aromatic N) is 1. The molecule has 4 nitrogen and oxygen atoms in total. The van der Waals surface area contributed by atoms with E-state index in [4.69, 9.17) is 9.47 Å². The second-order valence-electron chi connectivity index (χ2n) is 4.74. The van der Waals surface area contributed by atoms with Gasteiger partial charge in [0.05, 0.1) is 25.5 Å². The molecule has 0 aliphatic heterocycles. The number of aromatic amines is 1. The molecule has 0 saturated carbocycles. The van der Waals surface area contributed by atoms with Crippen molar-refractivity contribution in [3.8, 4) is 28.8 Å². The molecule has 3 rings (SSSR count). The molecule has 0 radical (unpaired) electrons. The van der Waals surface area contributed by atoms with Gasteiger partial charge in [-0.25, -0.2) is 4.39 Å². The van der Waals surface area contributed by atoms with Gasteiger partial charge in [0.15, 0.2) is 0 Å². The maximum atomic E-state index is 13.5. The topological polar surface area (TPSA) is 58.0 Å². The van der Waals surface area contributed by atoms with Gasteiger partial charge in [0.25, 0.3) is 0 Å². The average molecular weight is 296 g/mol. The summed E-state index contributed by atoms with van der Waals surface area (Å²) in [7, 11) is 3.12. The van der Waals surface area contributed by atoms with Crippen LogP contribution in [0.4, 0.5) is 4.39 Å². The Kier molecular flexibility index (Phi) is 3.43. The highest BCUT2D eigenvalue weighted by Crippen LogP contribution is 2.37. The van der Waals surface area contributed by atoms with Crippen molar-refractivity contribution in [2.45, 2.75) is 0 Å². The van der Waals surface area contributed by atoms with Crippen molar-refractivity contribution >= 4 is 10.9 Å². The van der Waals surface area contributed by atoms with E-state index in [0.29, 0.717) is 39.2 Å². The van der Waals surface area contributed by atoms with E-state index in [9.17, 15) is 9.65 Å². The summed E-state index contributed by atoms with van der Waals surface area (Å²) in [5, 5.41) is 10.0. The van der Waals surface area contributed by atoms with E-state index in [1.807, 2.05) is 0 Å². The zero-order valence-electron chi connectivity index (χ0n) is 12.1. The number of rotatable bonds is 3. The zero-order valence-corrected chi connectivity index (χ0v) is 12.1. The molecule has 5 heteroatoms. The summed E-state index contributed by atoms with van der Waals surface area (Å²) in [6.45, 7) is 0. The first-order valence-electron chi connectivity index (χ1n) is 6.61. The molecule has 0 fully saturated rings. The Morgan fingerprint density at radius 2 is 1.91 bits per heavy atom. The number of hydrogen-bond acceptors (Lipinski definition) is 3. The molecule has 1 heterocycles. The number of nitrogens with one attached hydrogen (secondary N) is 1. The number of methoxy groups -OCH3 is 2. The number of halogens is 1. The molecule has 0 spiro atoms. The Bertz CT molecular complexity index is 894. The largest absolute Gasteiger partial charge is 0.497 e. The number of benzene rings is 2. The van der Waals surface area contributed by atoms with E-state index in [2.05, 4.69) is 11.1 Å². The predicted octanol–water partition coefficient (Wildman–Crippen LogP) is 3.86. The molecule has 0 aliphatic rings. The second kappa shape index (κ2) is 5.41. The summed E-state index contributed by atoms with van der Waals surface area (Å²) < 4.78 is 24.1. The number of hydrogen-bond donors (Lipinski definition) is 1. The van der Waals surface area contributed by atoms with Crippen molar-refractivity contribution in [3.63, 3.8) is 0 Å². The number of nitriles is 1. The van der Waals surface area contributed by atoms with E-state index in [1.54, 1.807) is 38.5 Å². The first-order chi connectivity index (χ1) is 10.7. The van der Waals surface area contributed by atoms with Crippen molar-refractivity contribution in [2.24, 2.45) is 0 Å². The van der Waals surface area contributed by atoms with Crippen LogP contribution in [0.3, 0.4) is 0 Å². The molecule has 0 bridgehead atoms. The first kappa shape index (κ1) is 14.0. The molecule has 0 aliphatic carbocycles. The van der Waals surface area contributed by atoms with Crippen LogP contribution in [0, 0.1) is 17.1 Å². The maximum absolute atomic E-state index is 13.5. The fourth-order valence-electron chi connectivity index (χ4n) is 2.49.